The van der Waals surface area contributed by atoms with Gasteiger partial charge in [0.15, 0.2) is 0 Å². The SMILES string of the molecule is N#Cc1ccccc1S(=O)(=O)Nc1cccc(CCc2ccccc2C(=O)O)c1. The van der Waals surface area contributed by atoms with Gasteiger partial charge in [-0.1, -0.05) is 42.5 Å². The molecule has 3 rings (SSSR count). The summed E-state index contributed by atoms with van der Waals surface area (Å²) in [6.45, 7) is 0. The Kier molecular flexibility index (Phi) is 5.96. The van der Waals surface area contributed by atoms with Crippen molar-refractivity contribution in [2.45, 2.75) is 17.7 Å². The second kappa shape index (κ2) is 8.59. The Bertz CT molecular complexity index is 1200. The molecule has 0 aliphatic heterocycles. The lowest BCUT2D eigenvalue weighted by atomic mass is 10.00. The molecule has 0 aliphatic rings. The summed E-state index contributed by atoms with van der Waals surface area (Å²) in [6, 6.07) is 21.6. The first-order chi connectivity index (χ1) is 13.9. The van der Waals surface area contributed by atoms with Crippen LogP contribution < -0.4 is 4.72 Å². The third-order valence-corrected chi connectivity index (χ3v) is 5.85. The summed E-state index contributed by atoms with van der Waals surface area (Å²) < 4.78 is 27.8. The van der Waals surface area contributed by atoms with Crippen molar-refractivity contribution in [2.24, 2.45) is 0 Å². The Morgan fingerprint density at radius 2 is 1.69 bits per heavy atom. The molecule has 0 amide bonds. The van der Waals surface area contributed by atoms with E-state index in [2.05, 4.69) is 4.72 Å². The third kappa shape index (κ3) is 4.81. The van der Waals surface area contributed by atoms with E-state index in [9.17, 15) is 18.3 Å². The summed E-state index contributed by atoms with van der Waals surface area (Å²) in [5.74, 6) is -0.974. The van der Waals surface area contributed by atoms with Crippen LogP contribution in [0.5, 0.6) is 0 Å². The summed E-state index contributed by atoms with van der Waals surface area (Å²) in [5, 5.41) is 18.4. The Balaban J connectivity index is 1.78. The van der Waals surface area contributed by atoms with Crippen LogP contribution in [0, 0.1) is 11.3 Å². The van der Waals surface area contributed by atoms with E-state index in [1.54, 1.807) is 54.6 Å². The van der Waals surface area contributed by atoms with Crippen LogP contribution in [-0.2, 0) is 22.9 Å². The summed E-state index contributed by atoms with van der Waals surface area (Å²) >= 11 is 0. The monoisotopic (exact) mass is 406 g/mol. The molecule has 7 heteroatoms. The van der Waals surface area contributed by atoms with E-state index in [0.29, 0.717) is 24.1 Å². The maximum atomic E-state index is 12.7. The zero-order valence-corrected chi connectivity index (χ0v) is 16.2. The quantitative estimate of drug-likeness (QED) is 0.620. The fourth-order valence-corrected chi connectivity index (χ4v) is 4.23. The average molecular weight is 406 g/mol. The van der Waals surface area contributed by atoms with Crippen molar-refractivity contribution in [1.29, 1.82) is 5.26 Å². The first-order valence-corrected chi connectivity index (χ1v) is 10.3. The topological polar surface area (TPSA) is 107 Å². The average Bonchev–Trinajstić information content (AvgIpc) is 2.72. The minimum atomic E-state index is -3.91. The van der Waals surface area contributed by atoms with Gasteiger partial charge in [-0.05, 0) is 54.3 Å². The van der Waals surface area contributed by atoms with Crippen LogP contribution in [0.1, 0.15) is 27.0 Å². The van der Waals surface area contributed by atoms with Crippen LogP contribution >= 0.6 is 0 Å². The highest BCUT2D eigenvalue weighted by atomic mass is 32.2. The van der Waals surface area contributed by atoms with Crippen molar-refractivity contribution in [3.05, 3.63) is 95.1 Å². The molecule has 29 heavy (non-hydrogen) atoms. The van der Waals surface area contributed by atoms with Gasteiger partial charge in [0, 0.05) is 5.69 Å². The Morgan fingerprint density at radius 3 is 2.45 bits per heavy atom. The van der Waals surface area contributed by atoms with E-state index in [1.165, 1.54) is 12.1 Å². The molecule has 0 radical (unpaired) electrons. The highest BCUT2D eigenvalue weighted by molar-refractivity contribution is 7.92. The van der Waals surface area contributed by atoms with Gasteiger partial charge in [0.25, 0.3) is 10.0 Å². The van der Waals surface area contributed by atoms with E-state index in [1.807, 2.05) is 12.1 Å². The largest absolute Gasteiger partial charge is 0.478 e. The molecular weight excluding hydrogens is 388 g/mol. The van der Waals surface area contributed by atoms with Crippen LogP contribution in [-0.4, -0.2) is 19.5 Å². The van der Waals surface area contributed by atoms with Crippen LogP contribution in [0.2, 0.25) is 0 Å². The summed E-state index contributed by atoms with van der Waals surface area (Å²) in [6.07, 6.45) is 1.06. The molecule has 0 atom stereocenters. The maximum Gasteiger partial charge on any atom is 0.335 e. The number of anilines is 1. The van der Waals surface area contributed by atoms with Gasteiger partial charge in [-0.25, -0.2) is 13.2 Å². The normalized spacial score (nSPS) is 10.9. The van der Waals surface area contributed by atoms with E-state index < -0.39 is 16.0 Å². The number of nitrogens with zero attached hydrogens (tertiary/aromatic N) is 1. The Labute approximate surface area is 169 Å². The lowest BCUT2D eigenvalue weighted by Crippen LogP contribution is -2.14. The summed E-state index contributed by atoms with van der Waals surface area (Å²) in [5.41, 5.74) is 2.29. The molecule has 0 saturated carbocycles. The van der Waals surface area contributed by atoms with Crippen LogP contribution in [0.3, 0.4) is 0 Å². The van der Waals surface area contributed by atoms with Crippen molar-refractivity contribution in [3.63, 3.8) is 0 Å². The van der Waals surface area contributed by atoms with E-state index in [0.717, 1.165) is 5.56 Å². The molecule has 146 valence electrons. The van der Waals surface area contributed by atoms with Gasteiger partial charge >= 0.3 is 5.97 Å². The molecule has 2 N–H and O–H groups in total. The molecule has 0 unspecified atom stereocenters. The number of rotatable bonds is 7. The second-order valence-electron chi connectivity index (χ2n) is 6.38. The first kappa shape index (κ1) is 20.1. The van der Waals surface area contributed by atoms with Gasteiger partial charge in [-0.2, -0.15) is 5.26 Å². The van der Waals surface area contributed by atoms with Crippen LogP contribution in [0.25, 0.3) is 0 Å². The molecule has 0 aliphatic carbocycles. The molecule has 0 spiro atoms. The zero-order valence-electron chi connectivity index (χ0n) is 15.4. The summed E-state index contributed by atoms with van der Waals surface area (Å²) in [4.78, 5) is 11.3. The third-order valence-electron chi connectivity index (χ3n) is 4.41. The Morgan fingerprint density at radius 1 is 0.966 bits per heavy atom. The number of nitrogens with one attached hydrogen (secondary N) is 1. The minimum Gasteiger partial charge on any atom is -0.478 e. The predicted molar refractivity (Wildman–Crippen MR) is 109 cm³/mol. The number of sulfonamides is 1. The fraction of sp³-hybridized carbons (Fsp3) is 0.0909. The van der Waals surface area contributed by atoms with Crippen molar-refractivity contribution in [1.82, 2.24) is 0 Å². The van der Waals surface area contributed by atoms with Crippen molar-refractivity contribution in [3.8, 4) is 6.07 Å². The highest BCUT2D eigenvalue weighted by Crippen LogP contribution is 2.21. The lowest BCUT2D eigenvalue weighted by molar-refractivity contribution is 0.0695. The number of aromatic carboxylic acids is 1. The number of carboxylic acids is 1. The molecule has 0 fully saturated rings. The van der Waals surface area contributed by atoms with Crippen LogP contribution in [0.15, 0.2) is 77.7 Å². The van der Waals surface area contributed by atoms with Crippen molar-refractivity contribution >= 4 is 21.7 Å². The molecule has 3 aromatic carbocycles. The zero-order chi connectivity index (χ0) is 20.9. The lowest BCUT2D eigenvalue weighted by Gasteiger charge is -2.11. The van der Waals surface area contributed by atoms with Gasteiger partial charge < -0.3 is 5.11 Å². The molecule has 0 bridgehead atoms. The van der Waals surface area contributed by atoms with Gasteiger partial charge in [-0.3, -0.25) is 4.72 Å². The number of carbonyl (C=O) groups is 1. The number of carboxylic acid groups (broad SMARTS) is 1. The highest BCUT2D eigenvalue weighted by Gasteiger charge is 2.18. The van der Waals surface area contributed by atoms with Gasteiger partial charge in [0.05, 0.1) is 11.1 Å². The number of hydrogen-bond acceptors (Lipinski definition) is 4. The fourth-order valence-electron chi connectivity index (χ4n) is 3.02. The van der Waals surface area contributed by atoms with E-state index in [-0.39, 0.29) is 16.0 Å². The number of nitriles is 1. The Hall–Kier alpha value is -3.63. The molecule has 6 nitrogen and oxygen atoms in total. The van der Waals surface area contributed by atoms with Crippen LogP contribution in [0.4, 0.5) is 5.69 Å². The molecule has 0 aromatic heterocycles. The van der Waals surface area contributed by atoms with Crippen molar-refractivity contribution < 1.29 is 18.3 Å². The van der Waals surface area contributed by atoms with E-state index in [4.69, 9.17) is 5.26 Å². The predicted octanol–water partition coefficient (Wildman–Crippen LogP) is 3.84. The minimum absolute atomic E-state index is 0.0708. The molecule has 0 saturated heterocycles. The first-order valence-electron chi connectivity index (χ1n) is 8.83. The van der Waals surface area contributed by atoms with Gasteiger partial charge in [0.2, 0.25) is 0 Å². The van der Waals surface area contributed by atoms with Gasteiger partial charge in [0.1, 0.15) is 11.0 Å². The number of hydrogen-bond donors (Lipinski definition) is 2. The summed E-state index contributed by atoms with van der Waals surface area (Å²) in [7, 11) is -3.91. The second-order valence-corrected chi connectivity index (χ2v) is 8.03. The van der Waals surface area contributed by atoms with Gasteiger partial charge in [-0.15, -0.1) is 0 Å². The standard InChI is InChI=1S/C22H18N2O4S/c23-15-18-8-2-4-11-21(18)29(27,28)24-19-9-5-6-16(14-19)12-13-17-7-1-3-10-20(17)22(25)26/h1-11,14,24H,12-13H2,(H,25,26). The maximum absolute atomic E-state index is 12.7. The smallest absolute Gasteiger partial charge is 0.335 e. The molecular formula is C22H18N2O4S. The molecule has 0 heterocycles. The van der Waals surface area contributed by atoms with E-state index >= 15 is 0 Å². The number of aryl methyl sites for hydroxylation is 2. The number of benzene rings is 3. The van der Waals surface area contributed by atoms with Crippen molar-refractivity contribution in [2.75, 3.05) is 4.72 Å². The molecule has 3 aromatic rings.